The van der Waals surface area contributed by atoms with Crippen molar-refractivity contribution in [2.45, 2.75) is 18.9 Å². The standard InChI is InChI=1S/C19H14O7/c1-8(20)19(25)6-11-16(23)12-13(17(24)18(11)26-7-19)15(22)10-5-3-2-4-9(10)14(12)21/h2-5,23-25H,6-7H2,1H3/t19-/m0/s1. The first kappa shape index (κ1) is 16.3. The van der Waals surface area contributed by atoms with Crippen LogP contribution >= 0.6 is 0 Å². The first-order chi connectivity index (χ1) is 12.3. The van der Waals surface area contributed by atoms with E-state index in [9.17, 15) is 29.7 Å². The van der Waals surface area contributed by atoms with Gasteiger partial charge in [-0.3, -0.25) is 14.4 Å². The van der Waals surface area contributed by atoms with E-state index >= 15 is 0 Å². The van der Waals surface area contributed by atoms with Crippen molar-refractivity contribution in [3.8, 4) is 17.2 Å². The van der Waals surface area contributed by atoms with Crippen molar-refractivity contribution in [1.29, 1.82) is 0 Å². The molecule has 0 spiro atoms. The van der Waals surface area contributed by atoms with Gasteiger partial charge < -0.3 is 20.1 Å². The molecule has 0 radical (unpaired) electrons. The lowest BCUT2D eigenvalue weighted by atomic mass is 9.79. The molecule has 7 heteroatoms. The van der Waals surface area contributed by atoms with E-state index in [2.05, 4.69) is 0 Å². The van der Waals surface area contributed by atoms with Crippen LogP contribution in [-0.4, -0.2) is 44.9 Å². The van der Waals surface area contributed by atoms with Crippen LogP contribution in [0, 0.1) is 0 Å². The maximum atomic E-state index is 12.8. The molecule has 1 atom stereocenters. The molecule has 0 bridgehead atoms. The summed E-state index contributed by atoms with van der Waals surface area (Å²) in [6.07, 6.45) is -0.340. The summed E-state index contributed by atoms with van der Waals surface area (Å²) in [6, 6.07) is 6.09. The van der Waals surface area contributed by atoms with Crippen LogP contribution in [0.3, 0.4) is 0 Å². The SMILES string of the molecule is CC(=O)[C@@]1(O)COc2c(O)c3c(c(O)c2C1)C(=O)c1ccccc1C3=O. The molecule has 7 nitrogen and oxygen atoms in total. The Hall–Kier alpha value is -3.19. The monoisotopic (exact) mass is 354 g/mol. The largest absolute Gasteiger partial charge is 0.507 e. The zero-order valence-electron chi connectivity index (χ0n) is 13.7. The first-order valence-electron chi connectivity index (χ1n) is 7.91. The highest BCUT2D eigenvalue weighted by atomic mass is 16.5. The number of carbonyl (C=O) groups is 3. The minimum Gasteiger partial charge on any atom is -0.507 e. The lowest BCUT2D eigenvalue weighted by Crippen LogP contribution is -2.47. The van der Waals surface area contributed by atoms with Crippen LogP contribution in [0.4, 0.5) is 0 Å². The average molecular weight is 354 g/mol. The Morgan fingerprint density at radius 2 is 1.58 bits per heavy atom. The molecule has 26 heavy (non-hydrogen) atoms. The predicted molar refractivity (Wildman–Crippen MR) is 87.9 cm³/mol. The van der Waals surface area contributed by atoms with E-state index in [4.69, 9.17) is 4.74 Å². The lowest BCUT2D eigenvalue weighted by molar-refractivity contribution is -0.139. The topological polar surface area (TPSA) is 121 Å². The van der Waals surface area contributed by atoms with Gasteiger partial charge in [0.2, 0.25) is 0 Å². The first-order valence-corrected chi connectivity index (χ1v) is 7.91. The number of Topliss-reactive ketones (excluding diaryl/α,β-unsaturated/α-hetero) is 1. The van der Waals surface area contributed by atoms with Crippen LogP contribution < -0.4 is 4.74 Å². The number of rotatable bonds is 1. The zero-order valence-corrected chi connectivity index (χ0v) is 13.7. The van der Waals surface area contributed by atoms with Crippen LogP contribution in [0.25, 0.3) is 0 Å². The predicted octanol–water partition coefficient (Wildman–Crippen LogP) is 1.13. The number of aliphatic hydroxyl groups is 1. The van der Waals surface area contributed by atoms with E-state index in [1.54, 1.807) is 12.1 Å². The molecule has 2 aromatic carbocycles. The van der Waals surface area contributed by atoms with Gasteiger partial charge in [-0.2, -0.15) is 0 Å². The fourth-order valence-electron chi connectivity index (χ4n) is 3.42. The van der Waals surface area contributed by atoms with E-state index in [0.717, 1.165) is 0 Å². The molecule has 0 saturated carbocycles. The smallest absolute Gasteiger partial charge is 0.198 e. The van der Waals surface area contributed by atoms with Crippen LogP contribution in [0.15, 0.2) is 24.3 Å². The summed E-state index contributed by atoms with van der Waals surface area (Å²) < 4.78 is 5.31. The fraction of sp³-hybridized carbons (Fsp3) is 0.211. The quantitative estimate of drug-likeness (QED) is 0.560. The average Bonchev–Trinajstić information content (AvgIpc) is 2.62. The molecule has 0 aromatic heterocycles. The number of hydrogen-bond donors (Lipinski definition) is 3. The van der Waals surface area contributed by atoms with Gasteiger partial charge in [0.25, 0.3) is 0 Å². The van der Waals surface area contributed by atoms with E-state index < -0.39 is 41.1 Å². The molecule has 3 N–H and O–H groups in total. The normalized spacial score (nSPS) is 20.7. The van der Waals surface area contributed by atoms with Crippen LogP contribution in [0.1, 0.15) is 44.3 Å². The number of phenolic OH excluding ortho intramolecular Hbond substituents is 2. The van der Waals surface area contributed by atoms with Gasteiger partial charge in [0.1, 0.15) is 12.4 Å². The highest BCUT2D eigenvalue weighted by molar-refractivity contribution is 6.30. The molecule has 1 aliphatic heterocycles. The molecule has 2 aromatic rings. The third-order valence-corrected chi connectivity index (χ3v) is 4.95. The summed E-state index contributed by atoms with van der Waals surface area (Å²) in [5, 5.41) is 31.6. The summed E-state index contributed by atoms with van der Waals surface area (Å²) in [6.45, 7) is 0.744. The molecule has 4 rings (SSSR count). The zero-order chi connectivity index (χ0) is 18.8. The van der Waals surface area contributed by atoms with E-state index in [0.29, 0.717) is 0 Å². The number of hydrogen-bond acceptors (Lipinski definition) is 7. The van der Waals surface area contributed by atoms with Gasteiger partial charge in [0.15, 0.2) is 34.4 Å². The van der Waals surface area contributed by atoms with Crippen LogP contribution in [-0.2, 0) is 11.2 Å². The Morgan fingerprint density at radius 3 is 2.12 bits per heavy atom. The van der Waals surface area contributed by atoms with Crippen molar-refractivity contribution in [2.75, 3.05) is 6.61 Å². The molecular weight excluding hydrogens is 340 g/mol. The second-order valence-corrected chi connectivity index (χ2v) is 6.51. The third-order valence-electron chi connectivity index (χ3n) is 4.95. The number of fused-ring (bicyclic) bond motifs is 3. The van der Waals surface area contributed by atoms with Gasteiger partial charge in [-0.15, -0.1) is 0 Å². The molecular formula is C19H14O7. The van der Waals surface area contributed by atoms with Crippen LogP contribution in [0.5, 0.6) is 17.2 Å². The van der Waals surface area contributed by atoms with Crippen molar-refractivity contribution in [1.82, 2.24) is 0 Å². The molecule has 132 valence electrons. The fourth-order valence-corrected chi connectivity index (χ4v) is 3.42. The minimum atomic E-state index is -1.88. The number of ether oxygens (including phenoxy) is 1. The van der Waals surface area contributed by atoms with E-state index in [1.165, 1.54) is 19.1 Å². The summed E-state index contributed by atoms with van der Waals surface area (Å²) >= 11 is 0. The maximum Gasteiger partial charge on any atom is 0.198 e. The molecule has 2 aliphatic rings. The number of benzene rings is 2. The highest BCUT2D eigenvalue weighted by Gasteiger charge is 2.45. The molecule has 1 aliphatic carbocycles. The molecule has 0 fully saturated rings. The minimum absolute atomic E-state index is 0.0780. The maximum absolute atomic E-state index is 12.8. The number of phenols is 2. The second kappa shape index (κ2) is 5.15. The van der Waals surface area contributed by atoms with E-state index in [1.807, 2.05) is 0 Å². The molecule has 0 saturated heterocycles. The summed E-state index contributed by atoms with van der Waals surface area (Å²) in [5.41, 5.74) is -2.41. The second-order valence-electron chi connectivity index (χ2n) is 6.51. The van der Waals surface area contributed by atoms with Crippen LogP contribution in [0.2, 0.25) is 0 Å². The van der Waals surface area contributed by atoms with E-state index in [-0.39, 0.29) is 40.0 Å². The lowest BCUT2D eigenvalue weighted by Gasteiger charge is -2.33. The Morgan fingerprint density at radius 1 is 1.04 bits per heavy atom. The number of ketones is 3. The van der Waals surface area contributed by atoms with Gasteiger partial charge in [-0.25, -0.2) is 0 Å². The highest BCUT2D eigenvalue weighted by Crippen LogP contribution is 2.49. The third kappa shape index (κ3) is 1.94. The van der Waals surface area contributed by atoms with Crippen molar-refractivity contribution >= 4 is 17.3 Å². The summed E-state index contributed by atoms with van der Waals surface area (Å²) in [7, 11) is 0. The number of aromatic hydroxyl groups is 2. The van der Waals surface area contributed by atoms with Crippen molar-refractivity contribution < 1.29 is 34.4 Å². The van der Waals surface area contributed by atoms with Crippen molar-refractivity contribution in [2.24, 2.45) is 0 Å². The van der Waals surface area contributed by atoms with Crippen molar-refractivity contribution in [3.05, 3.63) is 52.1 Å². The summed E-state index contributed by atoms with van der Waals surface area (Å²) in [5.74, 6) is -3.16. The molecule has 0 amide bonds. The Balaban J connectivity index is 2.00. The Bertz CT molecular complexity index is 1020. The Kier molecular flexibility index (Phi) is 3.23. The van der Waals surface area contributed by atoms with Gasteiger partial charge in [0.05, 0.1) is 11.1 Å². The number of carbonyl (C=O) groups excluding carboxylic acids is 3. The molecule has 1 heterocycles. The van der Waals surface area contributed by atoms with Gasteiger partial charge in [0, 0.05) is 23.1 Å². The van der Waals surface area contributed by atoms with Gasteiger partial charge in [-0.1, -0.05) is 24.3 Å². The Labute approximate surface area is 147 Å². The van der Waals surface area contributed by atoms with Crippen molar-refractivity contribution in [3.63, 3.8) is 0 Å². The molecule has 0 unspecified atom stereocenters. The van der Waals surface area contributed by atoms with Gasteiger partial charge in [-0.05, 0) is 6.92 Å². The van der Waals surface area contributed by atoms with Gasteiger partial charge >= 0.3 is 0 Å². The summed E-state index contributed by atoms with van der Waals surface area (Å²) in [4.78, 5) is 37.3.